The molecule has 190 valence electrons. The van der Waals surface area contributed by atoms with Gasteiger partial charge in [-0.2, -0.15) is 13.2 Å². The lowest BCUT2D eigenvalue weighted by atomic mass is 9.78. The van der Waals surface area contributed by atoms with Crippen molar-refractivity contribution in [2.75, 3.05) is 19.6 Å². The fourth-order valence-corrected chi connectivity index (χ4v) is 4.24. The van der Waals surface area contributed by atoms with Crippen LogP contribution in [0, 0.1) is 0 Å². The smallest absolute Gasteiger partial charge is 0.385 e. The highest BCUT2D eigenvalue weighted by molar-refractivity contribution is 5.96. The molecule has 2 aromatic rings. The van der Waals surface area contributed by atoms with E-state index in [9.17, 15) is 27.9 Å². The first-order valence-electron chi connectivity index (χ1n) is 11.7. The molecule has 1 saturated heterocycles. The fraction of sp³-hybridized carbons (Fsp3) is 0.480. The van der Waals surface area contributed by atoms with Crippen LogP contribution in [0.3, 0.4) is 0 Å². The van der Waals surface area contributed by atoms with Gasteiger partial charge in [0.1, 0.15) is 0 Å². The van der Waals surface area contributed by atoms with Crippen molar-refractivity contribution in [2.24, 2.45) is 5.73 Å². The Bertz CT molecular complexity index is 987. The number of likely N-dealkylation sites (tertiary alicyclic amines) is 1. The average molecular weight is 493 g/mol. The largest absolute Gasteiger partial charge is 0.416 e. The molecule has 2 aliphatic rings. The van der Waals surface area contributed by atoms with Crippen molar-refractivity contribution in [3.05, 3.63) is 65.5 Å². The van der Waals surface area contributed by atoms with E-state index in [1.54, 1.807) is 17.3 Å². The van der Waals surface area contributed by atoms with Crippen LogP contribution in [-0.2, 0) is 16.6 Å². The van der Waals surface area contributed by atoms with Crippen molar-refractivity contribution in [1.82, 2.24) is 15.2 Å². The summed E-state index contributed by atoms with van der Waals surface area (Å²) in [5.41, 5.74) is 5.11. The molecule has 35 heavy (non-hydrogen) atoms. The molecule has 1 aliphatic carbocycles. The number of nitrogens with zero attached hydrogens (tertiary/aromatic N) is 2. The Morgan fingerprint density at radius 3 is 2.34 bits per heavy atom. The Morgan fingerprint density at radius 1 is 1.11 bits per heavy atom. The lowest BCUT2D eigenvalue weighted by Gasteiger charge is -2.35. The van der Waals surface area contributed by atoms with Crippen molar-refractivity contribution in [3.63, 3.8) is 0 Å². The number of nitrogens with two attached hydrogens (primary N) is 1. The summed E-state index contributed by atoms with van der Waals surface area (Å²) in [6, 6.07) is 8.15. The molecule has 4 rings (SSSR count). The number of nitrogens with one attached hydrogen (secondary N) is 1. The number of carbonyl (C=O) groups excluding carboxylic acids is 2. The molecule has 1 saturated carbocycles. The van der Waals surface area contributed by atoms with Gasteiger partial charge in [0.15, 0.2) is 0 Å². The summed E-state index contributed by atoms with van der Waals surface area (Å²) in [6.07, 6.45) is 4.15. The minimum atomic E-state index is -4.50. The Hall–Kier alpha value is -2.98. The predicted molar refractivity (Wildman–Crippen MR) is 124 cm³/mol. The highest BCUT2D eigenvalue weighted by atomic mass is 19.4. The van der Waals surface area contributed by atoms with E-state index < -0.39 is 23.2 Å². The van der Waals surface area contributed by atoms with E-state index in [4.69, 9.17) is 5.73 Å². The van der Waals surface area contributed by atoms with Crippen molar-refractivity contribution in [2.45, 2.75) is 56.3 Å². The molecule has 1 aromatic heterocycles. The molecule has 2 fully saturated rings. The van der Waals surface area contributed by atoms with Crippen LogP contribution in [0.25, 0.3) is 0 Å². The van der Waals surface area contributed by atoms with Gasteiger partial charge < -0.3 is 21.1 Å². The second-order valence-electron chi connectivity index (χ2n) is 8.95. The topological polar surface area (TPSA) is 109 Å². The molecule has 1 aromatic carbocycles. The zero-order valence-electron chi connectivity index (χ0n) is 19.4. The molecule has 10 heteroatoms. The summed E-state index contributed by atoms with van der Waals surface area (Å²) < 4.78 is 37.7. The van der Waals surface area contributed by atoms with Crippen LogP contribution in [0.5, 0.6) is 0 Å². The number of alkyl halides is 3. The van der Waals surface area contributed by atoms with Crippen LogP contribution < -0.4 is 11.1 Å². The van der Waals surface area contributed by atoms with E-state index in [0.717, 1.165) is 56.2 Å². The second-order valence-corrected chi connectivity index (χ2v) is 8.95. The first kappa shape index (κ1) is 26.6. The van der Waals surface area contributed by atoms with Crippen molar-refractivity contribution in [1.29, 1.82) is 0 Å². The van der Waals surface area contributed by atoms with Gasteiger partial charge in [0.2, 0.25) is 5.91 Å². The number of benzene rings is 1. The number of aromatic nitrogens is 1. The van der Waals surface area contributed by atoms with E-state index >= 15 is 0 Å². The molecule has 0 radical (unpaired) electrons. The molecule has 0 spiro atoms. The van der Waals surface area contributed by atoms with Gasteiger partial charge in [0, 0.05) is 37.1 Å². The average Bonchev–Trinajstić information content (AvgIpc) is 3.40. The SMILES string of the molecule is NC1CCC(O)(c2ccncc2)CC1.O=C(NCC(=O)N1CCCC1)c1cccc(C(F)(F)F)c1. The van der Waals surface area contributed by atoms with Gasteiger partial charge in [-0.05, 0) is 74.4 Å². The number of aliphatic hydroxyl groups is 1. The minimum absolute atomic E-state index is 0.112. The number of halogens is 3. The molecule has 0 unspecified atom stereocenters. The molecule has 2 heterocycles. The third-order valence-electron chi connectivity index (χ3n) is 6.39. The molecule has 1 aliphatic heterocycles. The number of hydrogen-bond donors (Lipinski definition) is 3. The lowest BCUT2D eigenvalue weighted by Crippen LogP contribution is -2.38. The van der Waals surface area contributed by atoms with E-state index in [1.165, 1.54) is 12.1 Å². The van der Waals surface area contributed by atoms with Crippen LogP contribution in [-0.4, -0.2) is 52.5 Å². The predicted octanol–water partition coefficient (Wildman–Crippen LogP) is 3.23. The van der Waals surface area contributed by atoms with Crippen LogP contribution >= 0.6 is 0 Å². The Labute approximate surface area is 202 Å². The third-order valence-corrected chi connectivity index (χ3v) is 6.39. The van der Waals surface area contributed by atoms with Crippen LogP contribution in [0.2, 0.25) is 0 Å². The first-order valence-corrected chi connectivity index (χ1v) is 11.7. The highest BCUT2D eigenvalue weighted by Crippen LogP contribution is 2.36. The normalized spacial score (nSPS) is 22.2. The summed E-state index contributed by atoms with van der Waals surface area (Å²) in [5.74, 6) is -0.901. The zero-order valence-corrected chi connectivity index (χ0v) is 19.4. The number of hydrogen-bond acceptors (Lipinski definition) is 5. The summed E-state index contributed by atoms with van der Waals surface area (Å²) in [7, 11) is 0. The van der Waals surface area contributed by atoms with Crippen molar-refractivity contribution >= 4 is 11.8 Å². The standard InChI is InChI=1S/C14H15F3N2O2.C11H16N2O/c15-14(16,17)11-5-3-4-10(8-11)13(21)18-9-12(20)19-6-1-2-7-19;12-10-1-5-11(14,6-2-10)9-3-7-13-8-4-9/h3-5,8H,1-2,6-7,9H2,(H,18,21);3-4,7-8,10,14H,1-2,5-6,12H2. The van der Waals surface area contributed by atoms with E-state index in [-0.39, 0.29) is 24.1 Å². The fourth-order valence-electron chi connectivity index (χ4n) is 4.24. The van der Waals surface area contributed by atoms with Crippen molar-refractivity contribution in [3.8, 4) is 0 Å². The molecule has 7 nitrogen and oxygen atoms in total. The Kier molecular flexibility index (Phi) is 8.85. The highest BCUT2D eigenvalue weighted by Gasteiger charge is 2.33. The summed E-state index contributed by atoms with van der Waals surface area (Å²) in [5, 5.41) is 12.7. The minimum Gasteiger partial charge on any atom is -0.385 e. The zero-order chi connectivity index (χ0) is 25.5. The lowest BCUT2D eigenvalue weighted by molar-refractivity contribution is -0.137. The third kappa shape index (κ3) is 7.50. The second kappa shape index (κ2) is 11.6. The van der Waals surface area contributed by atoms with Crippen LogP contribution in [0.4, 0.5) is 13.2 Å². The van der Waals surface area contributed by atoms with Gasteiger partial charge in [0.25, 0.3) is 5.91 Å². The van der Waals surface area contributed by atoms with E-state index in [0.29, 0.717) is 13.1 Å². The van der Waals surface area contributed by atoms with E-state index in [1.807, 2.05) is 12.1 Å². The van der Waals surface area contributed by atoms with Gasteiger partial charge in [-0.3, -0.25) is 14.6 Å². The van der Waals surface area contributed by atoms with Crippen LogP contribution in [0.1, 0.15) is 60.0 Å². The van der Waals surface area contributed by atoms with Gasteiger partial charge in [-0.25, -0.2) is 0 Å². The monoisotopic (exact) mass is 492 g/mol. The number of rotatable bonds is 4. The van der Waals surface area contributed by atoms with Gasteiger partial charge in [-0.15, -0.1) is 0 Å². The summed E-state index contributed by atoms with van der Waals surface area (Å²) in [4.78, 5) is 29.1. The number of carbonyl (C=O) groups is 2. The quantitative estimate of drug-likeness (QED) is 0.607. The van der Waals surface area contributed by atoms with Gasteiger partial charge >= 0.3 is 6.18 Å². The number of amides is 2. The Balaban J connectivity index is 0.000000211. The molecule has 0 atom stereocenters. The van der Waals surface area contributed by atoms with E-state index in [2.05, 4.69) is 10.3 Å². The maximum absolute atomic E-state index is 12.6. The molecule has 4 N–H and O–H groups in total. The molecule has 0 bridgehead atoms. The molecule has 2 amide bonds. The molecular weight excluding hydrogens is 461 g/mol. The van der Waals surface area contributed by atoms with Gasteiger partial charge in [0.05, 0.1) is 17.7 Å². The number of pyridine rings is 1. The summed E-state index contributed by atoms with van der Waals surface area (Å²) >= 11 is 0. The Morgan fingerprint density at radius 2 is 1.74 bits per heavy atom. The maximum atomic E-state index is 12.6. The first-order chi connectivity index (χ1) is 16.6. The maximum Gasteiger partial charge on any atom is 0.416 e. The summed E-state index contributed by atoms with van der Waals surface area (Å²) in [6.45, 7) is 1.13. The van der Waals surface area contributed by atoms with Crippen LogP contribution in [0.15, 0.2) is 48.8 Å². The molecular formula is C25H31F3N4O3. The van der Waals surface area contributed by atoms with Crippen molar-refractivity contribution < 1.29 is 27.9 Å². The van der Waals surface area contributed by atoms with Gasteiger partial charge in [-0.1, -0.05) is 6.07 Å².